The van der Waals surface area contributed by atoms with Gasteiger partial charge in [0.15, 0.2) is 5.82 Å². The first-order chi connectivity index (χ1) is 12.0. The summed E-state index contributed by atoms with van der Waals surface area (Å²) in [5.41, 5.74) is 1.61. The second kappa shape index (κ2) is 5.96. The Morgan fingerprint density at radius 2 is 2.08 bits per heavy atom. The van der Waals surface area contributed by atoms with Crippen LogP contribution in [0.3, 0.4) is 0 Å². The monoisotopic (exact) mass is 375 g/mol. The second-order valence-electron chi connectivity index (χ2n) is 6.16. The lowest BCUT2D eigenvalue weighted by molar-refractivity contribution is 0.423. The zero-order valence-corrected chi connectivity index (χ0v) is 15.5. The van der Waals surface area contributed by atoms with E-state index >= 15 is 0 Å². The third-order valence-electron chi connectivity index (χ3n) is 4.21. The van der Waals surface area contributed by atoms with Crippen LogP contribution in [0.15, 0.2) is 45.1 Å². The molecule has 0 spiro atoms. The lowest BCUT2D eigenvalue weighted by atomic mass is 10.2. The van der Waals surface area contributed by atoms with Crippen molar-refractivity contribution in [3.63, 3.8) is 0 Å². The first-order valence-electron chi connectivity index (χ1n) is 7.94. The van der Waals surface area contributed by atoms with E-state index in [1.54, 1.807) is 24.6 Å². The number of thiophene rings is 1. The predicted molar refractivity (Wildman–Crippen MR) is 96.4 cm³/mol. The van der Waals surface area contributed by atoms with Crippen molar-refractivity contribution in [3.8, 4) is 10.8 Å². The highest BCUT2D eigenvalue weighted by molar-refractivity contribution is 7.93. The molecule has 0 N–H and O–H groups in total. The summed E-state index contributed by atoms with van der Waals surface area (Å²) in [5, 5.41) is 5.71. The van der Waals surface area contributed by atoms with Crippen LogP contribution in [0.2, 0.25) is 0 Å². The molecule has 0 atom stereocenters. The van der Waals surface area contributed by atoms with Crippen LogP contribution in [0.5, 0.6) is 0 Å². The van der Waals surface area contributed by atoms with Gasteiger partial charge in [0.2, 0.25) is 0 Å². The Bertz CT molecular complexity index is 1020. The van der Waals surface area contributed by atoms with E-state index in [1.807, 2.05) is 25.1 Å². The van der Waals surface area contributed by atoms with Gasteiger partial charge in [-0.2, -0.15) is 4.98 Å². The first kappa shape index (κ1) is 16.3. The minimum atomic E-state index is -3.72. The van der Waals surface area contributed by atoms with E-state index in [0.717, 1.165) is 18.4 Å². The number of sulfonamides is 1. The van der Waals surface area contributed by atoms with Gasteiger partial charge >= 0.3 is 0 Å². The highest BCUT2D eigenvalue weighted by atomic mass is 32.2. The summed E-state index contributed by atoms with van der Waals surface area (Å²) in [5.74, 6) is 1.29. The number of rotatable bonds is 5. The summed E-state index contributed by atoms with van der Waals surface area (Å²) in [4.78, 5) is 5.06. The highest BCUT2D eigenvalue weighted by Crippen LogP contribution is 2.40. The Morgan fingerprint density at radius 1 is 1.28 bits per heavy atom. The third kappa shape index (κ3) is 2.96. The molecular weight excluding hydrogens is 358 g/mol. The molecule has 130 valence electrons. The number of nitrogens with zero attached hydrogens (tertiary/aromatic N) is 3. The van der Waals surface area contributed by atoms with Gasteiger partial charge in [0.05, 0.1) is 5.69 Å². The average Bonchev–Trinajstić information content (AvgIpc) is 3.12. The maximum atomic E-state index is 13.1. The van der Waals surface area contributed by atoms with Crippen molar-refractivity contribution >= 4 is 27.0 Å². The molecule has 6 nitrogen and oxygen atoms in total. The van der Waals surface area contributed by atoms with Crippen molar-refractivity contribution in [2.45, 2.75) is 30.6 Å². The quantitative estimate of drug-likeness (QED) is 0.678. The number of hydrogen-bond acceptors (Lipinski definition) is 6. The highest BCUT2D eigenvalue weighted by Gasteiger charge is 2.32. The van der Waals surface area contributed by atoms with Gasteiger partial charge in [-0.3, -0.25) is 4.31 Å². The molecular formula is C17H17N3O3S2. The Morgan fingerprint density at radius 3 is 2.80 bits per heavy atom. The van der Waals surface area contributed by atoms with Gasteiger partial charge in [-0.25, -0.2) is 8.42 Å². The Balaban J connectivity index is 1.72. The summed E-state index contributed by atoms with van der Waals surface area (Å²) in [6, 6.07) is 8.96. The second-order valence-corrected chi connectivity index (χ2v) is 9.01. The van der Waals surface area contributed by atoms with Crippen LogP contribution < -0.4 is 4.31 Å². The SMILES string of the molecule is Cc1cccc(N(C)S(=O)(=O)c2ccsc2-c2nc(C3CC3)no2)c1. The number of aromatic nitrogens is 2. The van der Waals surface area contributed by atoms with Gasteiger partial charge in [0.1, 0.15) is 9.77 Å². The van der Waals surface area contributed by atoms with Crippen molar-refractivity contribution < 1.29 is 12.9 Å². The zero-order chi connectivity index (χ0) is 17.6. The molecule has 2 heterocycles. The molecule has 1 saturated carbocycles. The molecule has 1 aliphatic carbocycles. The third-order valence-corrected chi connectivity index (χ3v) is 7.07. The largest absolute Gasteiger partial charge is 0.333 e. The average molecular weight is 375 g/mol. The molecule has 0 aliphatic heterocycles. The molecule has 8 heteroatoms. The molecule has 0 saturated heterocycles. The van der Waals surface area contributed by atoms with Gasteiger partial charge in [-0.05, 0) is 48.9 Å². The van der Waals surface area contributed by atoms with Gasteiger partial charge in [-0.1, -0.05) is 17.3 Å². The molecule has 0 unspecified atom stereocenters. The van der Waals surface area contributed by atoms with Gasteiger partial charge < -0.3 is 4.52 Å². The molecule has 1 aliphatic rings. The van der Waals surface area contributed by atoms with E-state index in [2.05, 4.69) is 10.1 Å². The van der Waals surface area contributed by atoms with E-state index in [9.17, 15) is 8.42 Å². The lowest BCUT2D eigenvalue weighted by Gasteiger charge is -2.19. The van der Waals surface area contributed by atoms with E-state index in [-0.39, 0.29) is 10.8 Å². The molecule has 1 fully saturated rings. The molecule has 25 heavy (non-hydrogen) atoms. The molecule has 4 rings (SSSR count). The maximum absolute atomic E-state index is 13.1. The van der Waals surface area contributed by atoms with Crippen LogP contribution in [0.4, 0.5) is 5.69 Å². The molecule has 0 amide bonds. The minimum Gasteiger partial charge on any atom is -0.333 e. The molecule has 2 aromatic heterocycles. The Hall–Kier alpha value is -2.19. The first-order valence-corrected chi connectivity index (χ1v) is 10.3. The van der Waals surface area contributed by atoms with Gasteiger partial charge in [0, 0.05) is 13.0 Å². The predicted octanol–water partition coefficient (Wildman–Crippen LogP) is 3.81. The smallest absolute Gasteiger partial charge is 0.269 e. The fourth-order valence-electron chi connectivity index (χ4n) is 2.60. The van der Waals surface area contributed by atoms with Gasteiger partial charge in [-0.15, -0.1) is 11.3 Å². The van der Waals surface area contributed by atoms with Crippen LogP contribution in [-0.4, -0.2) is 25.6 Å². The lowest BCUT2D eigenvalue weighted by Crippen LogP contribution is -2.26. The maximum Gasteiger partial charge on any atom is 0.269 e. The molecule has 0 bridgehead atoms. The minimum absolute atomic E-state index is 0.188. The number of anilines is 1. The summed E-state index contributed by atoms with van der Waals surface area (Å²) in [6.07, 6.45) is 2.12. The van der Waals surface area contributed by atoms with Crippen LogP contribution in [-0.2, 0) is 10.0 Å². The van der Waals surface area contributed by atoms with Gasteiger partial charge in [0.25, 0.3) is 15.9 Å². The van der Waals surface area contributed by atoms with Crippen molar-refractivity contribution in [2.24, 2.45) is 0 Å². The summed E-state index contributed by atoms with van der Waals surface area (Å²) in [6.45, 7) is 1.93. The van der Waals surface area contributed by atoms with Crippen molar-refractivity contribution in [3.05, 3.63) is 47.1 Å². The standard InChI is InChI=1S/C17H17N3O3S2/c1-11-4-3-5-13(10-11)20(2)25(21,22)14-8-9-24-15(14)17-18-16(19-23-17)12-6-7-12/h3-5,8-10,12H,6-7H2,1-2H3. The van der Waals surface area contributed by atoms with Crippen LogP contribution in [0.1, 0.15) is 30.1 Å². The number of benzene rings is 1. The normalized spacial score (nSPS) is 14.6. The van der Waals surface area contributed by atoms with E-state index in [4.69, 9.17) is 4.52 Å². The van der Waals surface area contributed by atoms with Crippen LogP contribution in [0.25, 0.3) is 10.8 Å². The Kier molecular flexibility index (Phi) is 3.88. The summed E-state index contributed by atoms with van der Waals surface area (Å²) in [7, 11) is -2.17. The molecule has 3 aromatic rings. The molecule has 0 radical (unpaired) electrons. The molecule has 1 aromatic carbocycles. The van der Waals surface area contributed by atoms with E-state index in [0.29, 0.717) is 22.3 Å². The Labute approximate surface area is 150 Å². The fraction of sp³-hybridized carbons (Fsp3) is 0.294. The number of hydrogen-bond donors (Lipinski definition) is 0. The van der Waals surface area contributed by atoms with Crippen molar-refractivity contribution in [1.29, 1.82) is 0 Å². The van der Waals surface area contributed by atoms with Crippen molar-refractivity contribution in [2.75, 3.05) is 11.4 Å². The fourth-order valence-corrected chi connectivity index (χ4v) is 5.10. The van der Waals surface area contributed by atoms with E-state index < -0.39 is 10.0 Å². The van der Waals surface area contributed by atoms with E-state index in [1.165, 1.54) is 15.6 Å². The topological polar surface area (TPSA) is 76.3 Å². The zero-order valence-electron chi connectivity index (χ0n) is 13.8. The summed E-state index contributed by atoms with van der Waals surface area (Å²) < 4.78 is 32.8. The van der Waals surface area contributed by atoms with Crippen LogP contribution >= 0.6 is 11.3 Å². The van der Waals surface area contributed by atoms with Crippen LogP contribution in [0, 0.1) is 6.92 Å². The summed E-state index contributed by atoms with van der Waals surface area (Å²) >= 11 is 1.29. The van der Waals surface area contributed by atoms with Crippen molar-refractivity contribution in [1.82, 2.24) is 10.1 Å². The number of aryl methyl sites for hydroxylation is 1.